The summed E-state index contributed by atoms with van der Waals surface area (Å²) < 4.78 is 1.82. The molecule has 1 unspecified atom stereocenters. The molecule has 0 radical (unpaired) electrons. The van der Waals surface area contributed by atoms with Crippen LogP contribution in [-0.4, -0.2) is 14.9 Å². The quantitative estimate of drug-likeness (QED) is 0.904. The zero-order chi connectivity index (χ0) is 13.1. The summed E-state index contributed by atoms with van der Waals surface area (Å²) in [5.74, 6) is 1.19. The Morgan fingerprint density at radius 2 is 2.06 bits per heavy atom. The topological polar surface area (TPSA) is 38.1 Å². The highest BCUT2D eigenvalue weighted by atomic mass is 35.5. The molecule has 4 heteroatoms. The van der Waals surface area contributed by atoms with Crippen molar-refractivity contribution in [2.45, 2.75) is 58.6 Å². The van der Waals surface area contributed by atoms with Gasteiger partial charge in [-0.2, -0.15) is 5.10 Å². The second kappa shape index (κ2) is 6.07. The molecule has 1 fully saturated rings. The summed E-state index contributed by atoms with van der Waals surface area (Å²) in [5.41, 5.74) is 0.805. The Morgan fingerprint density at radius 3 is 2.61 bits per heavy atom. The first-order valence-electron chi connectivity index (χ1n) is 7.06. The molecule has 0 spiro atoms. The van der Waals surface area contributed by atoms with E-state index in [2.05, 4.69) is 12.0 Å². The van der Waals surface area contributed by atoms with Crippen LogP contribution in [0.25, 0.3) is 0 Å². The molecule has 0 aromatic carbocycles. The van der Waals surface area contributed by atoms with Crippen LogP contribution in [-0.2, 0) is 6.54 Å². The molecule has 1 aliphatic carbocycles. The molecule has 0 aliphatic heterocycles. The van der Waals surface area contributed by atoms with E-state index in [0.717, 1.165) is 31.0 Å². The maximum absolute atomic E-state index is 10.5. The minimum atomic E-state index is -0.460. The summed E-state index contributed by atoms with van der Waals surface area (Å²) in [6.07, 6.45) is 7.11. The molecule has 1 aromatic rings. The molecule has 1 aliphatic rings. The number of aryl methyl sites for hydroxylation is 1. The molecule has 0 saturated heterocycles. The predicted molar refractivity (Wildman–Crippen MR) is 73.6 cm³/mol. The minimum Gasteiger partial charge on any atom is -0.386 e. The average molecular weight is 271 g/mol. The van der Waals surface area contributed by atoms with E-state index in [1.54, 1.807) is 6.20 Å². The zero-order valence-corrected chi connectivity index (χ0v) is 12.0. The van der Waals surface area contributed by atoms with Gasteiger partial charge in [0.15, 0.2) is 0 Å². The van der Waals surface area contributed by atoms with E-state index in [1.807, 2.05) is 11.6 Å². The fourth-order valence-corrected chi connectivity index (χ4v) is 3.31. The van der Waals surface area contributed by atoms with Crippen LogP contribution < -0.4 is 0 Å². The standard InChI is InChI=1S/C14H23ClN2O/c1-3-10-5-7-11(8-6-10)14(18)13-12(15)9-16-17(13)4-2/h9-11,14,18H,3-8H2,1-2H3. The van der Waals surface area contributed by atoms with Gasteiger partial charge in [0.25, 0.3) is 0 Å². The first-order valence-corrected chi connectivity index (χ1v) is 7.44. The van der Waals surface area contributed by atoms with Crippen LogP contribution in [0.3, 0.4) is 0 Å². The van der Waals surface area contributed by atoms with Crippen molar-refractivity contribution in [2.24, 2.45) is 11.8 Å². The van der Waals surface area contributed by atoms with Gasteiger partial charge in [-0.25, -0.2) is 0 Å². The van der Waals surface area contributed by atoms with Crippen molar-refractivity contribution in [2.75, 3.05) is 0 Å². The van der Waals surface area contributed by atoms with Gasteiger partial charge in [0.2, 0.25) is 0 Å². The summed E-state index contributed by atoms with van der Waals surface area (Å²) in [5, 5.41) is 15.3. The van der Waals surface area contributed by atoms with E-state index in [0.29, 0.717) is 10.9 Å². The maximum Gasteiger partial charge on any atom is 0.0999 e. The van der Waals surface area contributed by atoms with E-state index in [-0.39, 0.29) is 0 Å². The van der Waals surface area contributed by atoms with Crippen LogP contribution in [0, 0.1) is 11.8 Å². The lowest BCUT2D eigenvalue weighted by molar-refractivity contribution is 0.0659. The first-order chi connectivity index (χ1) is 8.67. The zero-order valence-electron chi connectivity index (χ0n) is 11.3. The van der Waals surface area contributed by atoms with Gasteiger partial charge < -0.3 is 5.11 Å². The van der Waals surface area contributed by atoms with Crippen molar-refractivity contribution >= 4 is 11.6 Å². The molecule has 1 N–H and O–H groups in total. The van der Waals surface area contributed by atoms with Gasteiger partial charge >= 0.3 is 0 Å². The van der Waals surface area contributed by atoms with Crippen molar-refractivity contribution in [1.82, 2.24) is 9.78 Å². The summed E-state index contributed by atoms with van der Waals surface area (Å²) in [6, 6.07) is 0. The minimum absolute atomic E-state index is 0.340. The Balaban J connectivity index is 2.07. The molecule has 102 valence electrons. The third-order valence-electron chi connectivity index (χ3n) is 4.33. The lowest BCUT2D eigenvalue weighted by Gasteiger charge is -2.31. The van der Waals surface area contributed by atoms with Gasteiger partial charge in [-0.05, 0) is 31.6 Å². The predicted octanol–water partition coefficient (Wildman–Crippen LogP) is 3.81. The molecule has 2 rings (SSSR count). The highest BCUT2D eigenvalue weighted by Crippen LogP contribution is 2.39. The number of aliphatic hydroxyl groups is 1. The van der Waals surface area contributed by atoms with E-state index < -0.39 is 6.10 Å². The number of nitrogens with zero attached hydrogens (tertiary/aromatic N) is 2. The smallest absolute Gasteiger partial charge is 0.0999 e. The molecule has 3 nitrogen and oxygen atoms in total. The number of aliphatic hydroxyl groups excluding tert-OH is 1. The Morgan fingerprint density at radius 1 is 1.39 bits per heavy atom. The third kappa shape index (κ3) is 2.72. The summed E-state index contributed by atoms with van der Waals surface area (Å²) >= 11 is 6.15. The molecular weight excluding hydrogens is 248 g/mol. The highest BCUT2D eigenvalue weighted by Gasteiger charge is 2.30. The Kier molecular flexibility index (Phi) is 4.68. The number of halogens is 1. The monoisotopic (exact) mass is 270 g/mol. The van der Waals surface area contributed by atoms with Gasteiger partial charge in [-0.3, -0.25) is 4.68 Å². The van der Waals surface area contributed by atoms with Crippen LogP contribution in [0.1, 0.15) is 57.7 Å². The van der Waals surface area contributed by atoms with Crippen LogP contribution in [0.4, 0.5) is 0 Å². The van der Waals surface area contributed by atoms with E-state index in [9.17, 15) is 5.11 Å². The van der Waals surface area contributed by atoms with Crippen molar-refractivity contribution in [3.63, 3.8) is 0 Å². The van der Waals surface area contributed by atoms with E-state index in [1.165, 1.54) is 19.3 Å². The van der Waals surface area contributed by atoms with Crippen molar-refractivity contribution in [3.8, 4) is 0 Å². The van der Waals surface area contributed by atoms with Crippen molar-refractivity contribution in [3.05, 3.63) is 16.9 Å². The molecule has 1 aromatic heterocycles. The second-order valence-corrected chi connectivity index (χ2v) is 5.73. The average Bonchev–Trinajstić information content (AvgIpc) is 2.79. The van der Waals surface area contributed by atoms with Gasteiger partial charge in [-0.15, -0.1) is 0 Å². The van der Waals surface area contributed by atoms with Gasteiger partial charge in [0.05, 0.1) is 23.0 Å². The van der Waals surface area contributed by atoms with Gasteiger partial charge in [-0.1, -0.05) is 37.8 Å². The summed E-state index contributed by atoms with van der Waals surface area (Å²) in [6.45, 7) is 5.03. The van der Waals surface area contributed by atoms with Gasteiger partial charge in [0, 0.05) is 6.54 Å². The van der Waals surface area contributed by atoms with Crippen LogP contribution in [0.5, 0.6) is 0 Å². The summed E-state index contributed by atoms with van der Waals surface area (Å²) in [4.78, 5) is 0. The maximum atomic E-state index is 10.5. The lowest BCUT2D eigenvalue weighted by atomic mass is 9.78. The van der Waals surface area contributed by atoms with Crippen molar-refractivity contribution < 1.29 is 5.11 Å². The van der Waals surface area contributed by atoms with E-state index in [4.69, 9.17) is 11.6 Å². The lowest BCUT2D eigenvalue weighted by Crippen LogP contribution is -2.22. The van der Waals surface area contributed by atoms with Gasteiger partial charge in [0.1, 0.15) is 0 Å². The molecule has 0 bridgehead atoms. The van der Waals surface area contributed by atoms with Crippen molar-refractivity contribution in [1.29, 1.82) is 0 Å². The van der Waals surface area contributed by atoms with Crippen LogP contribution in [0.15, 0.2) is 6.20 Å². The molecule has 1 heterocycles. The molecule has 1 saturated carbocycles. The fraction of sp³-hybridized carbons (Fsp3) is 0.786. The Labute approximate surface area is 114 Å². The number of rotatable bonds is 4. The second-order valence-electron chi connectivity index (χ2n) is 5.33. The highest BCUT2D eigenvalue weighted by molar-refractivity contribution is 6.31. The number of hydrogen-bond acceptors (Lipinski definition) is 2. The molecule has 0 amide bonds. The third-order valence-corrected chi connectivity index (χ3v) is 4.62. The largest absolute Gasteiger partial charge is 0.386 e. The number of aromatic nitrogens is 2. The normalized spacial score (nSPS) is 26.2. The Hall–Kier alpha value is -0.540. The van der Waals surface area contributed by atoms with Crippen LogP contribution >= 0.6 is 11.6 Å². The fourth-order valence-electron chi connectivity index (χ4n) is 3.05. The first kappa shape index (κ1) is 13.9. The summed E-state index contributed by atoms with van der Waals surface area (Å²) in [7, 11) is 0. The molecular formula is C14H23ClN2O. The van der Waals surface area contributed by atoms with Crippen LogP contribution in [0.2, 0.25) is 5.02 Å². The SMILES string of the molecule is CCC1CCC(C(O)c2c(Cl)cnn2CC)CC1. The molecule has 1 atom stereocenters. The Bertz CT molecular complexity index is 383. The number of hydrogen-bond donors (Lipinski definition) is 1. The van der Waals surface area contributed by atoms with E-state index >= 15 is 0 Å². The molecule has 18 heavy (non-hydrogen) atoms.